The van der Waals surface area contributed by atoms with Crippen LogP contribution in [0.15, 0.2) is 24.3 Å². The second-order valence-electron chi connectivity index (χ2n) is 4.18. The first kappa shape index (κ1) is 13.5. The van der Waals surface area contributed by atoms with Gasteiger partial charge in [-0.2, -0.15) is 0 Å². The Hall–Kier alpha value is -1.95. The molecule has 0 unspecified atom stereocenters. The summed E-state index contributed by atoms with van der Waals surface area (Å²) in [5, 5.41) is 22.2. The van der Waals surface area contributed by atoms with E-state index in [2.05, 4.69) is 0 Å². The monoisotopic (exact) mass is 283 g/mol. The van der Waals surface area contributed by atoms with Gasteiger partial charge in [0.05, 0.1) is 18.6 Å². The summed E-state index contributed by atoms with van der Waals surface area (Å²) in [7, 11) is 0. The number of nitrogens with zero attached hydrogens (tertiary/aromatic N) is 1. The minimum atomic E-state index is -1.54. The molecule has 1 aromatic carbocycles. The Morgan fingerprint density at radius 2 is 1.89 bits per heavy atom. The van der Waals surface area contributed by atoms with Crippen LogP contribution in [0.1, 0.15) is 6.42 Å². The Balaban J connectivity index is 2.05. The molecule has 6 nitrogen and oxygen atoms in total. The van der Waals surface area contributed by atoms with E-state index in [1.807, 2.05) is 0 Å². The summed E-state index contributed by atoms with van der Waals surface area (Å²) in [5.41, 5.74) is 0. The summed E-state index contributed by atoms with van der Waals surface area (Å²) < 4.78 is 5.51. The van der Waals surface area contributed by atoms with Crippen molar-refractivity contribution in [3.8, 4) is 5.75 Å². The van der Waals surface area contributed by atoms with E-state index in [1.165, 1.54) is 0 Å². The number of carbonyl (C=O) groups excluding carboxylic acids is 2. The lowest BCUT2D eigenvalue weighted by Crippen LogP contribution is -2.51. The van der Waals surface area contributed by atoms with Gasteiger partial charge in [0.2, 0.25) is 0 Å². The molecule has 0 radical (unpaired) electrons. The van der Waals surface area contributed by atoms with E-state index in [-0.39, 0.29) is 13.0 Å². The number of carboxylic acid groups (broad SMARTS) is 2. The van der Waals surface area contributed by atoms with Crippen LogP contribution in [0.3, 0.4) is 0 Å². The Labute approximate surface area is 114 Å². The van der Waals surface area contributed by atoms with E-state index < -0.39 is 24.2 Å². The van der Waals surface area contributed by atoms with Crippen LogP contribution in [0.25, 0.3) is 0 Å². The first-order chi connectivity index (χ1) is 8.97. The maximum Gasteiger partial charge on any atom is 0.137 e. The molecule has 1 aliphatic heterocycles. The Kier molecular flexibility index (Phi) is 3.80. The highest BCUT2D eigenvalue weighted by molar-refractivity contribution is 6.30. The largest absolute Gasteiger partial charge is 0.548 e. The van der Waals surface area contributed by atoms with Gasteiger partial charge in [0.1, 0.15) is 17.9 Å². The predicted octanol–water partition coefficient (Wildman–Crippen LogP) is -0.745. The Bertz CT molecular complexity index is 467. The number of ether oxygens (including phenoxy) is 1. The molecule has 0 aromatic heterocycles. The molecule has 2 atom stereocenters. The third-order valence-corrected chi connectivity index (χ3v) is 3.14. The predicted molar refractivity (Wildman–Crippen MR) is 61.4 cm³/mol. The van der Waals surface area contributed by atoms with Gasteiger partial charge in [0.15, 0.2) is 0 Å². The summed E-state index contributed by atoms with van der Waals surface area (Å²) in [5.74, 6) is -0.960. The van der Waals surface area contributed by atoms with Crippen molar-refractivity contribution in [3.05, 3.63) is 29.3 Å². The molecule has 1 amide bonds. The molecular formula is C12H10ClNO5-2. The summed E-state index contributed by atoms with van der Waals surface area (Å²) in [6.07, 6.45) is -2.07. The van der Waals surface area contributed by atoms with Crippen molar-refractivity contribution in [1.82, 2.24) is 4.90 Å². The number of rotatable bonds is 3. The van der Waals surface area contributed by atoms with Gasteiger partial charge in [-0.25, -0.2) is 0 Å². The van der Waals surface area contributed by atoms with E-state index >= 15 is 0 Å². The van der Waals surface area contributed by atoms with Gasteiger partial charge in [-0.1, -0.05) is 11.6 Å². The number of carboxylic acids is 1. The molecule has 102 valence electrons. The van der Waals surface area contributed by atoms with Crippen molar-refractivity contribution >= 4 is 23.7 Å². The Morgan fingerprint density at radius 3 is 2.37 bits per heavy atom. The molecule has 0 bridgehead atoms. The highest BCUT2D eigenvalue weighted by Crippen LogP contribution is 2.23. The molecule has 0 N–H and O–H groups in total. The van der Waals surface area contributed by atoms with Crippen LogP contribution in [-0.4, -0.2) is 35.7 Å². The zero-order chi connectivity index (χ0) is 14.0. The van der Waals surface area contributed by atoms with Gasteiger partial charge >= 0.3 is 0 Å². The van der Waals surface area contributed by atoms with Crippen LogP contribution in [0.2, 0.25) is 5.02 Å². The van der Waals surface area contributed by atoms with E-state index in [0.717, 1.165) is 0 Å². The minimum Gasteiger partial charge on any atom is -0.548 e. The van der Waals surface area contributed by atoms with Crippen molar-refractivity contribution in [1.29, 1.82) is 0 Å². The minimum absolute atomic E-state index is 0.0267. The number of likely N-dealkylation sites (tertiary alicyclic amines) is 1. The van der Waals surface area contributed by atoms with E-state index in [4.69, 9.17) is 16.3 Å². The van der Waals surface area contributed by atoms with Crippen molar-refractivity contribution in [2.45, 2.75) is 18.6 Å². The average molecular weight is 284 g/mol. The normalized spacial score (nSPS) is 22.3. The van der Waals surface area contributed by atoms with Crippen molar-refractivity contribution in [2.24, 2.45) is 0 Å². The third kappa shape index (κ3) is 3.08. The van der Waals surface area contributed by atoms with E-state index in [9.17, 15) is 19.8 Å². The topological polar surface area (TPSA) is 92.7 Å². The lowest BCUT2D eigenvalue weighted by atomic mass is 10.2. The molecule has 1 aromatic rings. The molecule has 19 heavy (non-hydrogen) atoms. The fraction of sp³-hybridized carbons (Fsp3) is 0.333. The van der Waals surface area contributed by atoms with Crippen LogP contribution in [0.5, 0.6) is 5.75 Å². The lowest BCUT2D eigenvalue weighted by Gasteiger charge is -2.26. The number of benzene rings is 1. The second kappa shape index (κ2) is 5.36. The molecule has 2 rings (SSSR count). The zero-order valence-corrected chi connectivity index (χ0v) is 10.5. The Morgan fingerprint density at radius 1 is 1.26 bits per heavy atom. The standard InChI is InChI=1S/C12H12ClNO5/c13-7-1-3-8(4-2-7)19-9-5-10(11(15)16)14(6-9)12(17)18/h1-4,9-10H,5-6H2,(H,15,16)(H,17,18)/p-2/t9-,10-/m0/s1. The fourth-order valence-corrected chi connectivity index (χ4v) is 2.14. The summed E-state index contributed by atoms with van der Waals surface area (Å²) >= 11 is 5.72. The zero-order valence-electron chi connectivity index (χ0n) is 9.74. The summed E-state index contributed by atoms with van der Waals surface area (Å²) in [6, 6.07) is 5.26. The first-order valence-corrected chi connectivity index (χ1v) is 5.96. The number of halogens is 1. The average Bonchev–Trinajstić information content (AvgIpc) is 2.76. The van der Waals surface area contributed by atoms with Crippen LogP contribution in [-0.2, 0) is 4.79 Å². The molecule has 1 heterocycles. The van der Waals surface area contributed by atoms with Crippen LogP contribution >= 0.6 is 11.6 Å². The number of hydrogen-bond donors (Lipinski definition) is 0. The molecule has 1 fully saturated rings. The third-order valence-electron chi connectivity index (χ3n) is 2.89. The maximum atomic E-state index is 10.8. The smallest absolute Gasteiger partial charge is 0.137 e. The van der Waals surface area contributed by atoms with Crippen molar-refractivity contribution in [2.75, 3.05) is 6.54 Å². The SMILES string of the molecule is O=C([O-])[C@@H]1C[C@H](Oc2ccc(Cl)cc2)CN1C(=O)[O-]. The molecule has 0 aliphatic carbocycles. The van der Waals surface area contributed by atoms with Gasteiger partial charge in [-0.15, -0.1) is 0 Å². The van der Waals surface area contributed by atoms with Crippen molar-refractivity contribution < 1.29 is 24.5 Å². The number of hydrogen-bond acceptors (Lipinski definition) is 5. The van der Waals surface area contributed by atoms with Crippen LogP contribution < -0.4 is 14.9 Å². The molecule has 1 saturated heterocycles. The second-order valence-corrected chi connectivity index (χ2v) is 4.62. The summed E-state index contributed by atoms with van der Waals surface area (Å²) in [4.78, 5) is 22.4. The number of carbonyl (C=O) groups is 2. The van der Waals surface area contributed by atoms with Gasteiger partial charge in [-0.3, -0.25) is 0 Å². The highest BCUT2D eigenvalue weighted by atomic mass is 35.5. The van der Waals surface area contributed by atoms with Gasteiger partial charge in [0, 0.05) is 11.4 Å². The summed E-state index contributed by atoms with van der Waals surface area (Å²) in [6.45, 7) is -0.0659. The number of aliphatic carboxylic acids is 1. The van der Waals surface area contributed by atoms with Crippen LogP contribution in [0.4, 0.5) is 4.79 Å². The van der Waals surface area contributed by atoms with Gasteiger partial charge < -0.3 is 29.4 Å². The van der Waals surface area contributed by atoms with E-state index in [0.29, 0.717) is 15.7 Å². The molecule has 1 aliphatic rings. The van der Waals surface area contributed by atoms with E-state index in [1.54, 1.807) is 24.3 Å². The van der Waals surface area contributed by atoms with Gasteiger partial charge in [-0.05, 0) is 24.3 Å². The van der Waals surface area contributed by atoms with Crippen molar-refractivity contribution in [3.63, 3.8) is 0 Å². The highest BCUT2D eigenvalue weighted by Gasteiger charge is 2.34. The molecule has 7 heteroatoms. The molecule has 0 spiro atoms. The first-order valence-electron chi connectivity index (χ1n) is 5.58. The lowest BCUT2D eigenvalue weighted by molar-refractivity contribution is -0.314. The molecule has 0 saturated carbocycles. The fourth-order valence-electron chi connectivity index (χ4n) is 2.01. The number of amides is 1. The maximum absolute atomic E-state index is 10.8. The molecular weight excluding hydrogens is 274 g/mol. The van der Waals surface area contributed by atoms with Crippen LogP contribution in [0, 0.1) is 0 Å². The quantitative estimate of drug-likeness (QED) is 0.728. The van der Waals surface area contributed by atoms with Gasteiger partial charge in [0.25, 0.3) is 0 Å².